The van der Waals surface area contributed by atoms with Gasteiger partial charge in [0, 0.05) is 19.1 Å². The molecule has 2 rings (SSSR count). The van der Waals surface area contributed by atoms with Crippen LogP contribution < -0.4 is 5.32 Å². The van der Waals surface area contributed by atoms with Crippen molar-refractivity contribution in [3.8, 4) is 0 Å². The van der Waals surface area contributed by atoms with Crippen LogP contribution in [-0.2, 0) is 9.84 Å². The Hall–Kier alpha value is -0.780. The van der Waals surface area contributed by atoms with Crippen molar-refractivity contribution in [3.63, 3.8) is 0 Å². The summed E-state index contributed by atoms with van der Waals surface area (Å²) in [6, 6.07) is 0.284. The number of nitrogens with one attached hydrogen (secondary N) is 1. The minimum Gasteiger partial charge on any atom is -0.337 e. The smallest absolute Gasteiger partial charge is 0.317 e. The average Bonchev–Trinajstić information content (AvgIpc) is 2.80. The number of carbonyl (C=O) groups excluding carboxylic acids is 1. The number of likely N-dealkylation sites (tertiary alicyclic amines) is 1. The van der Waals surface area contributed by atoms with Crippen LogP contribution >= 0.6 is 0 Å². The van der Waals surface area contributed by atoms with E-state index >= 15 is 0 Å². The first-order valence-corrected chi connectivity index (χ1v) is 9.64. The lowest BCUT2D eigenvalue weighted by molar-refractivity contribution is 0.170. The lowest BCUT2D eigenvalue weighted by Gasteiger charge is -2.31. The van der Waals surface area contributed by atoms with Gasteiger partial charge < -0.3 is 10.2 Å². The summed E-state index contributed by atoms with van der Waals surface area (Å²) in [7, 11) is -3.17. The molecule has 1 saturated heterocycles. The fourth-order valence-electron chi connectivity index (χ4n) is 3.36. The molecule has 6 heteroatoms. The topological polar surface area (TPSA) is 66.5 Å². The zero-order valence-electron chi connectivity index (χ0n) is 13.4. The molecule has 1 N–H and O–H groups in total. The maximum absolute atomic E-state index is 12.3. The summed E-state index contributed by atoms with van der Waals surface area (Å²) < 4.78 is 23.3. The highest BCUT2D eigenvalue weighted by molar-refractivity contribution is 7.92. The number of fused-ring (bicyclic) bond motifs is 1. The molecule has 21 heavy (non-hydrogen) atoms. The van der Waals surface area contributed by atoms with Crippen LogP contribution in [0, 0.1) is 5.92 Å². The molecule has 0 bridgehead atoms. The molecule has 5 nitrogen and oxygen atoms in total. The monoisotopic (exact) mass is 316 g/mol. The summed E-state index contributed by atoms with van der Waals surface area (Å²) in [5.74, 6) is 0.660. The third-order valence-corrected chi connectivity index (χ3v) is 7.46. The highest BCUT2D eigenvalue weighted by Crippen LogP contribution is 2.35. The molecule has 1 aliphatic heterocycles. The zero-order chi connectivity index (χ0) is 15.7. The Morgan fingerprint density at radius 1 is 1.19 bits per heavy atom. The van der Waals surface area contributed by atoms with Crippen LogP contribution in [0.5, 0.6) is 0 Å². The van der Waals surface area contributed by atoms with Crippen LogP contribution in [-0.4, -0.2) is 49.0 Å². The molecule has 2 unspecified atom stereocenters. The highest BCUT2D eigenvalue weighted by atomic mass is 32.2. The van der Waals surface area contributed by atoms with Crippen molar-refractivity contribution in [2.45, 2.75) is 63.7 Å². The molecule has 1 aliphatic carbocycles. The van der Waals surface area contributed by atoms with Gasteiger partial charge in [0.05, 0.1) is 10.5 Å². The van der Waals surface area contributed by atoms with Crippen LogP contribution in [0.25, 0.3) is 0 Å². The van der Waals surface area contributed by atoms with E-state index in [1.54, 1.807) is 20.8 Å². The number of hydrogen-bond acceptors (Lipinski definition) is 3. The van der Waals surface area contributed by atoms with Gasteiger partial charge in [-0.1, -0.05) is 12.8 Å². The SMILES string of the molecule is CC(C)(C)S(=O)(=O)CCNC(=O)N1CCC2CCCCC21. The second-order valence-corrected chi connectivity index (χ2v) is 10.1. The van der Waals surface area contributed by atoms with E-state index in [9.17, 15) is 13.2 Å². The second kappa shape index (κ2) is 6.15. The van der Waals surface area contributed by atoms with E-state index in [-0.39, 0.29) is 18.3 Å². The first-order chi connectivity index (χ1) is 9.72. The molecule has 1 saturated carbocycles. The lowest BCUT2D eigenvalue weighted by Crippen LogP contribution is -2.46. The average molecular weight is 316 g/mol. The van der Waals surface area contributed by atoms with Crippen LogP contribution in [0.15, 0.2) is 0 Å². The predicted octanol–water partition coefficient (Wildman–Crippen LogP) is 2.17. The van der Waals surface area contributed by atoms with E-state index in [4.69, 9.17) is 0 Å². The van der Waals surface area contributed by atoms with E-state index in [1.165, 1.54) is 19.3 Å². The van der Waals surface area contributed by atoms with Crippen molar-refractivity contribution in [2.24, 2.45) is 5.92 Å². The summed E-state index contributed by atoms with van der Waals surface area (Å²) in [5, 5.41) is 2.79. The summed E-state index contributed by atoms with van der Waals surface area (Å²) >= 11 is 0. The van der Waals surface area contributed by atoms with Crippen molar-refractivity contribution in [1.82, 2.24) is 10.2 Å². The fourth-order valence-corrected chi connectivity index (χ4v) is 4.34. The van der Waals surface area contributed by atoms with Crippen molar-refractivity contribution in [2.75, 3.05) is 18.8 Å². The molecular weight excluding hydrogens is 288 g/mol. The van der Waals surface area contributed by atoms with E-state index in [0.717, 1.165) is 19.4 Å². The van der Waals surface area contributed by atoms with Gasteiger partial charge in [0.2, 0.25) is 0 Å². The largest absolute Gasteiger partial charge is 0.337 e. The third-order valence-electron chi connectivity index (χ3n) is 4.85. The van der Waals surface area contributed by atoms with Gasteiger partial charge in [-0.15, -0.1) is 0 Å². The Labute approximate surface area is 128 Å². The van der Waals surface area contributed by atoms with Crippen molar-refractivity contribution in [1.29, 1.82) is 0 Å². The first kappa shape index (κ1) is 16.6. The molecule has 0 aromatic carbocycles. The number of carbonyl (C=O) groups is 1. The Morgan fingerprint density at radius 2 is 1.86 bits per heavy atom. The number of sulfone groups is 1. The highest BCUT2D eigenvalue weighted by Gasteiger charge is 2.38. The van der Waals surface area contributed by atoms with E-state index < -0.39 is 14.6 Å². The van der Waals surface area contributed by atoms with E-state index in [0.29, 0.717) is 12.0 Å². The van der Waals surface area contributed by atoms with E-state index in [1.807, 2.05) is 4.90 Å². The van der Waals surface area contributed by atoms with Crippen molar-refractivity contribution in [3.05, 3.63) is 0 Å². The Bertz CT molecular complexity index is 482. The number of amides is 2. The minimum atomic E-state index is -3.17. The molecule has 0 spiro atoms. The number of rotatable bonds is 3. The van der Waals surface area contributed by atoms with Gasteiger partial charge in [-0.25, -0.2) is 13.2 Å². The van der Waals surface area contributed by atoms with Crippen molar-refractivity contribution >= 4 is 15.9 Å². The zero-order valence-corrected chi connectivity index (χ0v) is 14.2. The van der Waals surface area contributed by atoms with Gasteiger partial charge in [-0.3, -0.25) is 0 Å². The number of hydrogen-bond donors (Lipinski definition) is 1. The standard InChI is InChI=1S/C15H28N2O3S/c1-15(2,3)21(19,20)11-9-16-14(18)17-10-8-12-6-4-5-7-13(12)17/h12-13H,4-11H2,1-3H3,(H,16,18). The lowest BCUT2D eigenvalue weighted by atomic mass is 9.85. The minimum absolute atomic E-state index is 0.00414. The van der Waals surface area contributed by atoms with Gasteiger partial charge in [0.1, 0.15) is 0 Å². The summed E-state index contributed by atoms with van der Waals surface area (Å²) in [6.45, 7) is 6.09. The van der Waals surface area contributed by atoms with Crippen LogP contribution in [0.1, 0.15) is 52.9 Å². The fraction of sp³-hybridized carbons (Fsp3) is 0.933. The predicted molar refractivity (Wildman–Crippen MR) is 84.0 cm³/mol. The molecule has 122 valence electrons. The molecular formula is C15H28N2O3S. The maximum atomic E-state index is 12.3. The van der Waals surface area contributed by atoms with Crippen LogP contribution in [0.4, 0.5) is 4.79 Å². The van der Waals surface area contributed by atoms with Crippen molar-refractivity contribution < 1.29 is 13.2 Å². The number of urea groups is 1. The normalized spacial score (nSPS) is 26.5. The number of nitrogens with zero attached hydrogens (tertiary/aromatic N) is 1. The first-order valence-electron chi connectivity index (χ1n) is 7.99. The molecule has 0 radical (unpaired) electrons. The van der Waals surface area contributed by atoms with E-state index in [2.05, 4.69) is 5.32 Å². The summed E-state index contributed by atoms with van der Waals surface area (Å²) in [5.41, 5.74) is 0. The molecule has 2 amide bonds. The Morgan fingerprint density at radius 3 is 2.52 bits per heavy atom. The molecule has 2 atom stereocenters. The van der Waals surface area contributed by atoms with Gasteiger partial charge >= 0.3 is 6.03 Å². The molecule has 2 aliphatic rings. The molecule has 1 heterocycles. The Balaban J connectivity index is 1.83. The second-order valence-electron chi connectivity index (χ2n) is 7.26. The summed E-state index contributed by atoms with van der Waals surface area (Å²) in [6.07, 6.45) is 5.90. The molecule has 0 aromatic heterocycles. The molecule has 0 aromatic rings. The van der Waals surface area contributed by atoms with Gasteiger partial charge in [-0.2, -0.15) is 0 Å². The third kappa shape index (κ3) is 3.71. The Kier molecular flexibility index (Phi) is 4.85. The van der Waals surface area contributed by atoms with Crippen LogP contribution in [0.2, 0.25) is 0 Å². The summed E-state index contributed by atoms with van der Waals surface area (Å²) in [4.78, 5) is 14.2. The van der Waals surface area contributed by atoms with Gasteiger partial charge in [0.25, 0.3) is 0 Å². The van der Waals surface area contributed by atoms with Gasteiger partial charge in [0.15, 0.2) is 9.84 Å². The van der Waals surface area contributed by atoms with Gasteiger partial charge in [-0.05, 0) is 46.0 Å². The quantitative estimate of drug-likeness (QED) is 0.868. The maximum Gasteiger partial charge on any atom is 0.317 e. The molecule has 2 fully saturated rings. The van der Waals surface area contributed by atoms with Crippen LogP contribution in [0.3, 0.4) is 0 Å².